The number of hydrogen-bond acceptors (Lipinski definition) is 4. The maximum Gasteiger partial charge on any atom is 0.279 e. The molecule has 3 rings (SSSR count). The summed E-state index contributed by atoms with van der Waals surface area (Å²) in [4.78, 5) is 14.6. The summed E-state index contributed by atoms with van der Waals surface area (Å²) in [6.07, 6.45) is 3.69. The average molecular weight is 230 g/mol. The van der Waals surface area contributed by atoms with E-state index in [4.69, 9.17) is 0 Å². The van der Waals surface area contributed by atoms with E-state index in [2.05, 4.69) is 4.98 Å². The first kappa shape index (κ1) is 10.0. The second-order valence-electron chi connectivity index (χ2n) is 4.26. The summed E-state index contributed by atoms with van der Waals surface area (Å²) in [5.74, 6) is 0.370. The van der Waals surface area contributed by atoms with E-state index in [0.717, 1.165) is 18.4 Å². The van der Waals surface area contributed by atoms with Crippen LogP contribution in [0.2, 0.25) is 0 Å². The summed E-state index contributed by atoms with van der Waals surface area (Å²) in [6.45, 7) is 0. The minimum absolute atomic E-state index is 0.00639. The molecule has 0 saturated heterocycles. The van der Waals surface area contributed by atoms with Gasteiger partial charge in [-0.1, -0.05) is 0 Å². The molecule has 1 N–H and O–H groups in total. The third-order valence-electron chi connectivity index (χ3n) is 3.09. The van der Waals surface area contributed by atoms with Crippen LogP contribution < -0.4 is 0 Å². The normalized spacial score (nSPS) is 15.1. The van der Waals surface area contributed by atoms with Crippen molar-refractivity contribution >= 4 is 16.6 Å². The van der Waals surface area contributed by atoms with Crippen LogP contribution in [0.1, 0.15) is 24.3 Å². The molecule has 1 heterocycles. The van der Waals surface area contributed by atoms with Crippen molar-refractivity contribution in [2.75, 3.05) is 0 Å². The van der Waals surface area contributed by atoms with Crippen molar-refractivity contribution in [1.29, 1.82) is 0 Å². The van der Waals surface area contributed by atoms with Gasteiger partial charge in [-0.15, -0.1) is 0 Å². The first-order chi connectivity index (χ1) is 8.18. The fraction of sp³-hybridized carbons (Fsp3) is 0.250. The molecule has 17 heavy (non-hydrogen) atoms. The number of phenols is 1. The standard InChI is InChI=1S/C12H10N2O3/c15-10-4-3-9(14(16)17)11-8(7-1-2-7)5-6-13-12(10)11/h3-7,15H,1-2H2. The van der Waals surface area contributed by atoms with Gasteiger partial charge in [-0.2, -0.15) is 0 Å². The van der Waals surface area contributed by atoms with E-state index in [9.17, 15) is 15.2 Å². The summed E-state index contributed by atoms with van der Waals surface area (Å²) >= 11 is 0. The molecule has 0 aliphatic heterocycles. The number of nitrogens with zero attached hydrogens (tertiary/aromatic N) is 2. The number of nitro groups is 1. The SMILES string of the molecule is O=[N+]([O-])c1ccc(O)c2nccc(C3CC3)c12. The first-order valence-corrected chi connectivity index (χ1v) is 5.43. The van der Waals surface area contributed by atoms with Crippen LogP contribution in [0.4, 0.5) is 5.69 Å². The quantitative estimate of drug-likeness (QED) is 0.635. The number of phenolic OH excluding ortho intramolecular Hbond substituents is 1. The first-order valence-electron chi connectivity index (χ1n) is 5.43. The van der Waals surface area contributed by atoms with Gasteiger partial charge in [-0.25, -0.2) is 0 Å². The van der Waals surface area contributed by atoms with E-state index in [1.54, 1.807) is 6.20 Å². The van der Waals surface area contributed by atoms with E-state index in [1.807, 2.05) is 6.07 Å². The number of non-ortho nitro benzene ring substituents is 1. The van der Waals surface area contributed by atoms with Crippen LogP contribution in [-0.2, 0) is 0 Å². The van der Waals surface area contributed by atoms with Crippen LogP contribution in [0.5, 0.6) is 5.75 Å². The van der Waals surface area contributed by atoms with E-state index < -0.39 is 4.92 Å². The second-order valence-corrected chi connectivity index (χ2v) is 4.26. The molecular formula is C12H10N2O3. The Kier molecular flexibility index (Phi) is 2.01. The average Bonchev–Trinajstić information content (AvgIpc) is 3.12. The van der Waals surface area contributed by atoms with Crippen LogP contribution in [0.15, 0.2) is 24.4 Å². The van der Waals surface area contributed by atoms with Gasteiger partial charge in [0.2, 0.25) is 0 Å². The Morgan fingerprint density at radius 1 is 1.35 bits per heavy atom. The number of fused-ring (bicyclic) bond motifs is 1. The van der Waals surface area contributed by atoms with E-state index in [1.165, 1.54) is 12.1 Å². The van der Waals surface area contributed by atoms with Crippen LogP contribution >= 0.6 is 0 Å². The smallest absolute Gasteiger partial charge is 0.279 e. The van der Waals surface area contributed by atoms with E-state index >= 15 is 0 Å². The van der Waals surface area contributed by atoms with Gasteiger partial charge in [-0.3, -0.25) is 15.1 Å². The lowest BCUT2D eigenvalue weighted by Gasteiger charge is -2.06. The molecule has 0 amide bonds. The lowest BCUT2D eigenvalue weighted by Crippen LogP contribution is -1.94. The Hall–Kier alpha value is -2.17. The maximum atomic E-state index is 11.0. The zero-order chi connectivity index (χ0) is 12.0. The predicted octanol–water partition coefficient (Wildman–Crippen LogP) is 2.73. The van der Waals surface area contributed by atoms with Crippen molar-refractivity contribution in [3.05, 3.63) is 40.1 Å². The molecule has 1 saturated carbocycles. The lowest BCUT2D eigenvalue weighted by molar-refractivity contribution is -0.383. The molecule has 1 fully saturated rings. The molecule has 0 bridgehead atoms. The van der Waals surface area contributed by atoms with Crippen LogP contribution in [0.25, 0.3) is 10.9 Å². The van der Waals surface area contributed by atoms with Crippen LogP contribution in [0, 0.1) is 10.1 Å². The van der Waals surface area contributed by atoms with Crippen LogP contribution in [-0.4, -0.2) is 15.0 Å². The third kappa shape index (κ3) is 1.51. The summed E-state index contributed by atoms with van der Waals surface area (Å²) in [7, 11) is 0. The monoisotopic (exact) mass is 230 g/mol. The molecule has 5 nitrogen and oxygen atoms in total. The van der Waals surface area contributed by atoms with Gasteiger partial charge in [0, 0.05) is 12.3 Å². The molecular weight excluding hydrogens is 220 g/mol. The van der Waals surface area contributed by atoms with Crippen molar-refractivity contribution in [3.63, 3.8) is 0 Å². The number of rotatable bonds is 2. The van der Waals surface area contributed by atoms with Crippen molar-refractivity contribution in [2.24, 2.45) is 0 Å². The molecule has 5 heteroatoms. The Morgan fingerprint density at radius 2 is 2.12 bits per heavy atom. The summed E-state index contributed by atoms with van der Waals surface area (Å²) < 4.78 is 0. The minimum Gasteiger partial charge on any atom is -0.506 e. The minimum atomic E-state index is -0.421. The molecule has 1 aliphatic carbocycles. The maximum absolute atomic E-state index is 11.0. The molecule has 0 spiro atoms. The number of pyridine rings is 1. The van der Waals surface area contributed by atoms with E-state index in [-0.39, 0.29) is 11.4 Å². The summed E-state index contributed by atoms with van der Waals surface area (Å²) in [5, 5.41) is 21.2. The van der Waals surface area contributed by atoms with Crippen molar-refractivity contribution in [1.82, 2.24) is 4.98 Å². The molecule has 86 valence electrons. The van der Waals surface area contributed by atoms with Gasteiger partial charge in [0.05, 0.1) is 10.3 Å². The molecule has 0 unspecified atom stereocenters. The van der Waals surface area contributed by atoms with Crippen molar-refractivity contribution in [2.45, 2.75) is 18.8 Å². The largest absolute Gasteiger partial charge is 0.506 e. The fourth-order valence-electron chi connectivity index (χ4n) is 2.15. The lowest BCUT2D eigenvalue weighted by atomic mass is 10.0. The zero-order valence-corrected chi connectivity index (χ0v) is 8.96. The Bertz CT molecular complexity index is 620. The molecule has 1 aromatic heterocycles. The molecule has 2 aromatic rings. The molecule has 0 atom stereocenters. The highest BCUT2D eigenvalue weighted by atomic mass is 16.6. The zero-order valence-electron chi connectivity index (χ0n) is 8.96. The molecule has 0 radical (unpaired) electrons. The van der Waals surface area contributed by atoms with Crippen molar-refractivity contribution < 1.29 is 10.0 Å². The number of benzene rings is 1. The Labute approximate surface area is 96.9 Å². The Balaban J connectivity index is 2.41. The second kappa shape index (κ2) is 3.41. The number of aromatic hydroxyl groups is 1. The summed E-state index contributed by atoms with van der Waals surface area (Å²) in [6, 6.07) is 4.47. The van der Waals surface area contributed by atoms with Gasteiger partial charge < -0.3 is 5.11 Å². The fourth-order valence-corrected chi connectivity index (χ4v) is 2.15. The van der Waals surface area contributed by atoms with Gasteiger partial charge in [0.25, 0.3) is 5.69 Å². The third-order valence-corrected chi connectivity index (χ3v) is 3.09. The van der Waals surface area contributed by atoms with E-state index in [0.29, 0.717) is 16.8 Å². The van der Waals surface area contributed by atoms with Crippen LogP contribution in [0.3, 0.4) is 0 Å². The van der Waals surface area contributed by atoms with Gasteiger partial charge >= 0.3 is 0 Å². The molecule has 1 aliphatic rings. The number of nitro benzene ring substituents is 1. The number of hydrogen-bond donors (Lipinski definition) is 1. The van der Waals surface area contributed by atoms with Gasteiger partial charge in [0.1, 0.15) is 11.3 Å². The topological polar surface area (TPSA) is 76.3 Å². The highest BCUT2D eigenvalue weighted by Crippen LogP contribution is 2.45. The number of aromatic nitrogens is 1. The van der Waals surface area contributed by atoms with Crippen molar-refractivity contribution in [3.8, 4) is 5.75 Å². The Morgan fingerprint density at radius 3 is 2.76 bits per heavy atom. The summed E-state index contributed by atoms with van der Waals surface area (Å²) in [5.41, 5.74) is 1.27. The highest BCUT2D eigenvalue weighted by molar-refractivity contribution is 5.95. The van der Waals surface area contributed by atoms with Gasteiger partial charge in [-0.05, 0) is 36.5 Å². The van der Waals surface area contributed by atoms with Gasteiger partial charge in [0.15, 0.2) is 0 Å². The molecule has 1 aromatic carbocycles. The predicted molar refractivity (Wildman–Crippen MR) is 62.0 cm³/mol. The highest BCUT2D eigenvalue weighted by Gasteiger charge is 2.29.